The average Bonchev–Trinajstić information content (AvgIpc) is 3.13. The van der Waals surface area contributed by atoms with Crippen molar-refractivity contribution in [3.8, 4) is 17.4 Å². The lowest BCUT2D eigenvalue weighted by Crippen LogP contribution is -2.54. The smallest absolute Gasteiger partial charge is 0.214 e. The van der Waals surface area contributed by atoms with Crippen molar-refractivity contribution in [2.75, 3.05) is 27.3 Å². The van der Waals surface area contributed by atoms with Gasteiger partial charge in [-0.05, 0) is 78.7 Å². The number of benzene rings is 3. The van der Waals surface area contributed by atoms with Gasteiger partial charge in [-0.15, -0.1) is 6.58 Å². The second-order valence-electron chi connectivity index (χ2n) is 12.7. The third kappa shape index (κ3) is 5.80. The van der Waals surface area contributed by atoms with Gasteiger partial charge in [0, 0.05) is 47.1 Å². The summed E-state index contributed by atoms with van der Waals surface area (Å²) in [6.45, 7) is 10.0. The number of rotatable bonds is 11. The van der Waals surface area contributed by atoms with Gasteiger partial charge >= 0.3 is 0 Å². The first-order chi connectivity index (χ1) is 23.4. The van der Waals surface area contributed by atoms with Gasteiger partial charge in [0.05, 0.1) is 36.9 Å². The molecule has 5 heterocycles. The molecule has 0 saturated carbocycles. The second kappa shape index (κ2) is 13.4. The number of piperidine rings is 3. The van der Waals surface area contributed by atoms with Gasteiger partial charge in [-0.25, -0.2) is 9.37 Å². The predicted molar refractivity (Wildman–Crippen MR) is 187 cm³/mol. The number of aliphatic hydroxyl groups is 1. The van der Waals surface area contributed by atoms with Crippen LogP contribution in [-0.2, 0) is 13.0 Å². The van der Waals surface area contributed by atoms with Crippen LogP contribution in [0.25, 0.3) is 27.9 Å². The Labute approximate surface area is 280 Å². The van der Waals surface area contributed by atoms with Crippen LogP contribution in [-0.4, -0.2) is 53.3 Å². The number of hydrogen-bond donors (Lipinski definition) is 1. The van der Waals surface area contributed by atoms with Crippen molar-refractivity contribution in [3.63, 3.8) is 0 Å². The number of pyridine rings is 2. The molecule has 8 heteroatoms. The van der Waals surface area contributed by atoms with E-state index in [0.29, 0.717) is 41.2 Å². The molecule has 1 N–H and O–H groups in total. The number of aliphatic hydroxyl groups excluding tert-OH is 1. The quantitative estimate of drug-likeness (QED) is 0.148. The van der Waals surface area contributed by atoms with Gasteiger partial charge in [-0.1, -0.05) is 43.0 Å². The standard InChI is InChI=1S/C40H40FN3O4/c1-5-24-22-44-17-16-25(24)19-35(44)40(45)30-21-27(42-34-14-15-37(47-4)28(6-2)39(30)34)18-26-20-38(43-33-12-8-7-10-29(26)33)48-23-31-32(41)11-9-13-36(31)46-3/h5-15,20-21,24-25,35,40,45H,1-2,16-19,22-23H2,3-4H3/t24-,25?,35-,40+/m0/s1. The first kappa shape index (κ1) is 31.8. The SMILES string of the molecule is C=Cc1c(OC)ccc2nc(Cc3cc(OCc4c(F)cccc4OC)nc4ccccc34)cc([C@@H](O)[C@@H]3CC4CCN3C[C@@H]4C=C)c12. The Morgan fingerprint density at radius 2 is 1.83 bits per heavy atom. The number of nitrogens with zero attached hydrogens (tertiary/aromatic N) is 3. The zero-order valence-corrected chi connectivity index (χ0v) is 27.4. The Kier molecular flexibility index (Phi) is 8.86. The summed E-state index contributed by atoms with van der Waals surface area (Å²) in [6.07, 6.45) is 5.61. The van der Waals surface area contributed by atoms with Crippen LogP contribution in [0.1, 0.15) is 46.9 Å². The summed E-state index contributed by atoms with van der Waals surface area (Å²) in [5, 5.41) is 14.0. The zero-order chi connectivity index (χ0) is 33.4. The van der Waals surface area contributed by atoms with Gasteiger partial charge in [-0.2, -0.15) is 0 Å². The predicted octanol–water partition coefficient (Wildman–Crippen LogP) is 7.68. The number of ether oxygens (including phenoxy) is 3. The molecule has 2 aromatic heterocycles. The summed E-state index contributed by atoms with van der Waals surface area (Å²) in [7, 11) is 3.15. The highest BCUT2D eigenvalue weighted by Crippen LogP contribution is 2.44. The zero-order valence-electron chi connectivity index (χ0n) is 27.4. The lowest BCUT2D eigenvalue weighted by atomic mass is 9.73. The van der Waals surface area contributed by atoms with Crippen molar-refractivity contribution in [1.29, 1.82) is 0 Å². The van der Waals surface area contributed by atoms with E-state index < -0.39 is 11.9 Å². The minimum Gasteiger partial charge on any atom is -0.496 e. The first-order valence-electron chi connectivity index (χ1n) is 16.4. The van der Waals surface area contributed by atoms with Gasteiger partial charge < -0.3 is 19.3 Å². The topological polar surface area (TPSA) is 76.9 Å². The molecule has 3 saturated heterocycles. The Bertz CT molecular complexity index is 2010. The number of methoxy groups -OCH3 is 2. The van der Waals surface area contributed by atoms with E-state index in [9.17, 15) is 9.50 Å². The maximum Gasteiger partial charge on any atom is 0.214 e. The number of fused-ring (bicyclic) bond motifs is 5. The number of para-hydroxylation sites is 1. The summed E-state index contributed by atoms with van der Waals surface area (Å²) in [4.78, 5) is 12.3. The van der Waals surface area contributed by atoms with E-state index in [1.807, 2.05) is 48.5 Å². The molecule has 5 atom stereocenters. The summed E-state index contributed by atoms with van der Waals surface area (Å²) >= 11 is 0. The highest BCUT2D eigenvalue weighted by Gasteiger charge is 2.42. The largest absolute Gasteiger partial charge is 0.496 e. The normalized spacial score (nSPS) is 20.8. The molecule has 3 aromatic carbocycles. The maximum atomic E-state index is 14.7. The van der Waals surface area contributed by atoms with Crippen molar-refractivity contribution in [3.05, 3.63) is 120 Å². The average molecular weight is 646 g/mol. The molecule has 3 aliphatic rings. The van der Waals surface area contributed by atoms with Crippen molar-refractivity contribution >= 4 is 27.9 Å². The highest BCUT2D eigenvalue weighted by molar-refractivity contribution is 5.94. The fourth-order valence-corrected chi connectivity index (χ4v) is 7.69. The molecule has 3 aliphatic heterocycles. The third-order valence-corrected chi connectivity index (χ3v) is 10.1. The molecule has 5 aromatic rings. The molecule has 7 nitrogen and oxygen atoms in total. The molecule has 3 fully saturated rings. The Morgan fingerprint density at radius 1 is 1.00 bits per heavy atom. The third-order valence-electron chi connectivity index (χ3n) is 10.1. The van der Waals surface area contributed by atoms with Crippen molar-refractivity contribution in [1.82, 2.24) is 14.9 Å². The van der Waals surface area contributed by atoms with Gasteiger partial charge in [-0.3, -0.25) is 9.88 Å². The molecule has 0 aliphatic carbocycles. The molecule has 0 spiro atoms. The van der Waals surface area contributed by atoms with Gasteiger partial charge in [0.1, 0.15) is 23.9 Å². The van der Waals surface area contributed by atoms with Crippen LogP contribution >= 0.6 is 0 Å². The number of aromatic nitrogens is 2. The van der Waals surface area contributed by atoms with Gasteiger partial charge in [0.25, 0.3) is 0 Å². The molecule has 2 unspecified atom stereocenters. The number of hydrogen-bond acceptors (Lipinski definition) is 7. The van der Waals surface area contributed by atoms with E-state index in [2.05, 4.69) is 24.1 Å². The van der Waals surface area contributed by atoms with Crippen LogP contribution in [0, 0.1) is 17.7 Å². The van der Waals surface area contributed by atoms with E-state index in [0.717, 1.165) is 70.1 Å². The van der Waals surface area contributed by atoms with Crippen molar-refractivity contribution in [2.24, 2.45) is 11.8 Å². The Balaban J connectivity index is 1.29. The molecule has 246 valence electrons. The van der Waals surface area contributed by atoms with Crippen LogP contribution in [0.2, 0.25) is 0 Å². The van der Waals surface area contributed by atoms with Crippen LogP contribution in [0.3, 0.4) is 0 Å². The van der Waals surface area contributed by atoms with E-state index in [1.54, 1.807) is 25.3 Å². The minimum atomic E-state index is -0.738. The summed E-state index contributed by atoms with van der Waals surface area (Å²) < 4.78 is 31.8. The van der Waals surface area contributed by atoms with E-state index >= 15 is 0 Å². The summed E-state index contributed by atoms with van der Waals surface area (Å²) in [5.41, 5.74) is 5.23. The Hall–Kier alpha value is -4.79. The molecular weight excluding hydrogens is 605 g/mol. The fourth-order valence-electron chi connectivity index (χ4n) is 7.69. The van der Waals surface area contributed by atoms with E-state index in [1.165, 1.54) is 13.2 Å². The molecule has 2 bridgehead atoms. The van der Waals surface area contributed by atoms with Crippen LogP contribution in [0.4, 0.5) is 4.39 Å². The highest BCUT2D eigenvalue weighted by atomic mass is 19.1. The van der Waals surface area contributed by atoms with E-state index in [-0.39, 0.29) is 12.6 Å². The van der Waals surface area contributed by atoms with Crippen molar-refractivity contribution < 1.29 is 23.7 Å². The monoisotopic (exact) mass is 645 g/mol. The summed E-state index contributed by atoms with van der Waals surface area (Å²) in [6, 6.07) is 20.3. The molecule has 0 amide bonds. The lowest BCUT2D eigenvalue weighted by Gasteiger charge is -2.50. The van der Waals surface area contributed by atoms with Crippen LogP contribution < -0.4 is 14.2 Å². The Morgan fingerprint density at radius 3 is 2.58 bits per heavy atom. The second-order valence-corrected chi connectivity index (χ2v) is 12.7. The summed E-state index contributed by atoms with van der Waals surface area (Å²) in [5.74, 6) is 2.04. The van der Waals surface area contributed by atoms with E-state index in [4.69, 9.17) is 24.2 Å². The lowest BCUT2D eigenvalue weighted by molar-refractivity contribution is -0.0445. The fraction of sp³-hybridized carbons (Fsp3) is 0.300. The molecule has 8 rings (SSSR count). The van der Waals surface area contributed by atoms with Gasteiger partial charge in [0.2, 0.25) is 5.88 Å². The maximum absolute atomic E-state index is 14.7. The van der Waals surface area contributed by atoms with Crippen LogP contribution in [0.5, 0.6) is 17.4 Å². The molecule has 0 radical (unpaired) electrons. The number of halogens is 1. The molecular formula is C40H40FN3O4. The van der Waals surface area contributed by atoms with Crippen molar-refractivity contribution in [2.45, 2.75) is 38.0 Å². The van der Waals surface area contributed by atoms with Crippen LogP contribution in [0.15, 0.2) is 86.0 Å². The first-order valence-corrected chi connectivity index (χ1v) is 16.4. The molecule has 48 heavy (non-hydrogen) atoms. The van der Waals surface area contributed by atoms with Gasteiger partial charge in [0.15, 0.2) is 0 Å². The minimum absolute atomic E-state index is 0.0144.